The Labute approximate surface area is 177 Å². The van der Waals surface area contributed by atoms with Crippen molar-refractivity contribution < 1.29 is 4.79 Å². The molecule has 0 unspecified atom stereocenters. The number of halogens is 1. The van der Waals surface area contributed by atoms with Gasteiger partial charge in [0.25, 0.3) is 11.5 Å². The molecule has 4 aromatic rings. The van der Waals surface area contributed by atoms with Crippen LogP contribution in [0, 0.1) is 0 Å². The van der Waals surface area contributed by atoms with Crippen molar-refractivity contribution in [3.8, 4) is 0 Å². The average molecular weight is 422 g/mol. The first-order chi connectivity index (χ1) is 14.6. The molecule has 0 aliphatic heterocycles. The number of hydrogen-bond donors (Lipinski definition) is 2. The summed E-state index contributed by atoms with van der Waals surface area (Å²) >= 11 is 6.15. The van der Waals surface area contributed by atoms with Crippen LogP contribution in [0.1, 0.15) is 47.8 Å². The predicted octanol–water partition coefficient (Wildman–Crippen LogP) is 3.68. The van der Waals surface area contributed by atoms with Crippen LogP contribution < -0.4 is 10.9 Å². The molecule has 7 nitrogen and oxygen atoms in total. The second-order valence-electron chi connectivity index (χ2n) is 7.70. The number of carbonyl (C=O) groups is 1. The van der Waals surface area contributed by atoms with Gasteiger partial charge in [-0.15, -0.1) is 0 Å². The van der Waals surface area contributed by atoms with Crippen LogP contribution in [0.15, 0.2) is 53.6 Å². The molecule has 0 saturated heterocycles. The number of nitrogens with zero attached hydrogens (tertiary/aromatic N) is 3. The second-order valence-corrected chi connectivity index (χ2v) is 8.11. The van der Waals surface area contributed by atoms with Gasteiger partial charge in [0.05, 0.1) is 22.3 Å². The molecule has 152 valence electrons. The Bertz CT molecular complexity index is 1300. The molecule has 1 aromatic carbocycles. The molecule has 3 heterocycles. The molecule has 1 saturated carbocycles. The topological polar surface area (TPSA) is 92.1 Å². The maximum absolute atomic E-state index is 12.8. The van der Waals surface area contributed by atoms with E-state index in [1.807, 2.05) is 24.3 Å². The third-order valence-corrected chi connectivity index (χ3v) is 6.19. The van der Waals surface area contributed by atoms with E-state index >= 15 is 0 Å². The number of H-pyrrole nitrogens is 1. The smallest absolute Gasteiger partial charge is 0.272 e. The third kappa shape index (κ3) is 3.25. The first-order valence-corrected chi connectivity index (χ1v) is 10.4. The van der Waals surface area contributed by atoms with Gasteiger partial charge in [-0.2, -0.15) is 5.10 Å². The van der Waals surface area contributed by atoms with E-state index < -0.39 is 0 Å². The van der Waals surface area contributed by atoms with Gasteiger partial charge in [0.1, 0.15) is 5.69 Å². The fraction of sp³-hybridized carbons (Fsp3) is 0.273. The molecule has 0 radical (unpaired) electrons. The van der Waals surface area contributed by atoms with E-state index in [1.165, 1.54) is 0 Å². The standard InChI is InChI=1S/C22H20ClN5O2/c23-17-6-3-11-28-18(12-24-20(17)28)22(30)25-14-9-7-13(8-10-14)19-15-4-1-2-5-16(15)21(29)27-26-19/h1-6,11-14H,7-10H2,(H,25,30)(H,27,29). The molecular weight excluding hydrogens is 402 g/mol. The third-order valence-electron chi connectivity index (χ3n) is 5.90. The zero-order valence-electron chi connectivity index (χ0n) is 16.1. The highest BCUT2D eigenvalue weighted by Gasteiger charge is 2.27. The van der Waals surface area contributed by atoms with E-state index in [1.54, 1.807) is 28.9 Å². The number of amides is 1. The Morgan fingerprint density at radius 2 is 1.87 bits per heavy atom. The summed E-state index contributed by atoms with van der Waals surface area (Å²) in [4.78, 5) is 29.1. The van der Waals surface area contributed by atoms with Crippen LogP contribution in [0.3, 0.4) is 0 Å². The summed E-state index contributed by atoms with van der Waals surface area (Å²) < 4.78 is 1.71. The van der Waals surface area contributed by atoms with E-state index in [4.69, 9.17) is 11.6 Å². The van der Waals surface area contributed by atoms with Gasteiger partial charge < -0.3 is 5.32 Å². The van der Waals surface area contributed by atoms with E-state index in [0.717, 1.165) is 36.8 Å². The monoisotopic (exact) mass is 421 g/mol. The van der Waals surface area contributed by atoms with Crippen molar-refractivity contribution in [2.75, 3.05) is 0 Å². The fourth-order valence-corrected chi connectivity index (χ4v) is 4.57. The van der Waals surface area contributed by atoms with E-state index in [2.05, 4.69) is 20.5 Å². The van der Waals surface area contributed by atoms with Gasteiger partial charge in [0.2, 0.25) is 0 Å². The number of benzene rings is 1. The summed E-state index contributed by atoms with van der Waals surface area (Å²) in [7, 11) is 0. The number of pyridine rings is 1. The lowest BCUT2D eigenvalue weighted by Gasteiger charge is -2.29. The molecule has 0 atom stereocenters. The molecule has 3 aromatic heterocycles. The van der Waals surface area contributed by atoms with Crippen LogP contribution in [-0.2, 0) is 0 Å². The summed E-state index contributed by atoms with van der Waals surface area (Å²) in [6.07, 6.45) is 6.83. The van der Waals surface area contributed by atoms with Gasteiger partial charge in [-0.05, 0) is 43.9 Å². The highest BCUT2D eigenvalue weighted by molar-refractivity contribution is 6.33. The van der Waals surface area contributed by atoms with Crippen LogP contribution in [0.2, 0.25) is 5.02 Å². The lowest BCUT2D eigenvalue weighted by atomic mass is 9.82. The maximum Gasteiger partial charge on any atom is 0.272 e. The van der Waals surface area contributed by atoms with Gasteiger partial charge in [-0.25, -0.2) is 10.1 Å². The number of aromatic nitrogens is 4. The Kier molecular flexibility index (Phi) is 4.75. The first kappa shape index (κ1) is 18.8. The normalized spacial score (nSPS) is 19.2. The van der Waals surface area contributed by atoms with Crippen molar-refractivity contribution in [2.45, 2.75) is 37.6 Å². The summed E-state index contributed by atoms with van der Waals surface area (Å²) in [5, 5.41) is 12.2. The zero-order valence-corrected chi connectivity index (χ0v) is 16.9. The van der Waals surface area contributed by atoms with Crippen LogP contribution in [0.5, 0.6) is 0 Å². The molecule has 8 heteroatoms. The quantitative estimate of drug-likeness (QED) is 0.527. The number of carbonyl (C=O) groups excluding carboxylic acids is 1. The van der Waals surface area contributed by atoms with Gasteiger partial charge in [0.15, 0.2) is 5.65 Å². The molecule has 30 heavy (non-hydrogen) atoms. The second kappa shape index (κ2) is 7.57. The molecule has 1 aliphatic rings. The van der Waals surface area contributed by atoms with Crippen molar-refractivity contribution in [1.82, 2.24) is 24.9 Å². The van der Waals surface area contributed by atoms with Gasteiger partial charge in [-0.3, -0.25) is 14.0 Å². The van der Waals surface area contributed by atoms with Crippen LogP contribution >= 0.6 is 11.6 Å². The van der Waals surface area contributed by atoms with E-state index in [9.17, 15) is 9.59 Å². The summed E-state index contributed by atoms with van der Waals surface area (Å²) in [6.45, 7) is 0. The number of nitrogens with one attached hydrogen (secondary N) is 2. The molecule has 5 rings (SSSR count). The summed E-state index contributed by atoms with van der Waals surface area (Å²) in [5.74, 6) is 0.107. The van der Waals surface area contributed by atoms with E-state index in [0.29, 0.717) is 21.7 Å². The van der Waals surface area contributed by atoms with Crippen molar-refractivity contribution in [1.29, 1.82) is 0 Å². The largest absolute Gasteiger partial charge is 0.348 e. The average Bonchev–Trinajstić information content (AvgIpc) is 3.21. The Morgan fingerprint density at radius 1 is 1.10 bits per heavy atom. The van der Waals surface area contributed by atoms with Crippen LogP contribution in [0.4, 0.5) is 0 Å². The summed E-state index contributed by atoms with van der Waals surface area (Å²) in [6, 6.07) is 11.2. The number of hydrogen-bond acceptors (Lipinski definition) is 4. The Balaban J connectivity index is 1.30. The highest BCUT2D eigenvalue weighted by Crippen LogP contribution is 2.34. The predicted molar refractivity (Wildman–Crippen MR) is 115 cm³/mol. The Hall–Kier alpha value is -3.19. The van der Waals surface area contributed by atoms with Crippen molar-refractivity contribution in [2.24, 2.45) is 0 Å². The van der Waals surface area contributed by atoms with Crippen LogP contribution in [-0.4, -0.2) is 31.5 Å². The van der Waals surface area contributed by atoms with Crippen molar-refractivity contribution in [3.63, 3.8) is 0 Å². The lowest BCUT2D eigenvalue weighted by molar-refractivity contribution is 0.0919. The highest BCUT2D eigenvalue weighted by atomic mass is 35.5. The molecule has 1 fully saturated rings. The zero-order chi connectivity index (χ0) is 20.7. The molecule has 2 N–H and O–H groups in total. The lowest BCUT2D eigenvalue weighted by Crippen LogP contribution is -2.38. The van der Waals surface area contributed by atoms with E-state index in [-0.39, 0.29) is 23.4 Å². The van der Waals surface area contributed by atoms with Gasteiger partial charge in [0, 0.05) is 23.5 Å². The maximum atomic E-state index is 12.8. The van der Waals surface area contributed by atoms with Crippen molar-refractivity contribution in [3.05, 3.63) is 75.6 Å². The van der Waals surface area contributed by atoms with Crippen molar-refractivity contribution >= 4 is 33.9 Å². The minimum absolute atomic E-state index is 0.0903. The SMILES string of the molecule is O=C(NC1CCC(c2n[nH]c(=O)c3ccccc23)CC1)c1cnc2c(Cl)cccn12. The van der Waals surface area contributed by atoms with Crippen LogP contribution in [0.25, 0.3) is 16.4 Å². The molecule has 0 spiro atoms. The van der Waals surface area contributed by atoms with Gasteiger partial charge in [-0.1, -0.05) is 29.8 Å². The molecule has 1 amide bonds. The summed E-state index contributed by atoms with van der Waals surface area (Å²) in [5.41, 5.74) is 1.82. The minimum atomic E-state index is -0.163. The number of aromatic amines is 1. The molecular formula is C22H20ClN5O2. The fourth-order valence-electron chi connectivity index (χ4n) is 4.36. The molecule has 1 aliphatic carbocycles. The number of fused-ring (bicyclic) bond motifs is 2. The molecule has 0 bridgehead atoms. The number of rotatable bonds is 3. The Morgan fingerprint density at radius 3 is 2.67 bits per heavy atom. The first-order valence-electron chi connectivity index (χ1n) is 10.0. The minimum Gasteiger partial charge on any atom is -0.348 e. The number of imidazole rings is 1. The van der Waals surface area contributed by atoms with Gasteiger partial charge >= 0.3 is 0 Å².